The Morgan fingerprint density at radius 2 is 1.89 bits per heavy atom. The van der Waals surface area contributed by atoms with E-state index in [1.54, 1.807) is 0 Å². The first kappa shape index (κ1) is 14.5. The van der Waals surface area contributed by atoms with Crippen molar-refractivity contribution in [1.29, 1.82) is 0 Å². The smallest absolute Gasteiger partial charge is 0.123 e. The van der Waals surface area contributed by atoms with Crippen molar-refractivity contribution in [3.05, 3.63) is 35.6 Å². The molecule has 1 aromatic carbocycles. The predicted octanol–water partition coefficient (Wildman–Crippen LogP) is 3.68. The van der Waals surface area contributed by atoms with Crippen molar-refractivity contribution in [3.63, 3.8) is 0 Å². The van der Waals surface area contributed by atoms with E-state index in [1.807, 2.05) is 12.1 Å². The summed E-state index contributed by atoms with van der Waals surface area (Å²) < 4.78 is 19.2. The molecule has 1 saturated heterocycles. The molecule has 0 radical (unpaired) electrons. The van der Waals surface area contributed by atoms with Gasteiger partial charge in [0.25, 0.3) is 0 Å². The average Bonchev–Trinajstić information content (AvgIpc) is 2.31. The minimum absolute atomic E-state index is 0.00157. The number of halogens is 1. The zero-order chi connectivity index (χ0) is 14.0. The Kier molecular flexibility index (Phi) is 4.26. The second-order valence-corrected chi connectivity index (χ2v) is 6.69. The number of ether oxygens (including phenoxy) is 1. The minimum atomic E-state index is -0.202. The van der Waals surface area contributed by atoms with Crippen LogP contribution in [0.1, 0.15) is 45.8 Å². The van der Waals surface area contributed by atoms with Gasteiger partial charge < -0.3 is 10.1 Å². The molecule has 0 spiro atoms. The van der Waals surface area contributed by atoms with Crippen molar-refractivity contribution in [3.8, 4) is 0 Å². The van der Waals surface area contributed by atoms with E-state index >= 15 is 0 Å². The van der Waals surface area contributed by atoms with Gasteiger partial charge in [0.05, 0.1) is 12.2 Å². The van der Waals surface area contributed by atoms with Gasteiger partial charge in [0.2, 0.25) is 0 Å². The number of hydrogen-bond acceptors (Lipinski definition) is 2. The van der Waals surface area contributed by atoms with E-state index in [0.717, 1.165) is 18.5 Å². The summed E-state index contributed by atoms with van der Waals surface area (Å²) in [5.74, 6) is -0.202. The largest absolute Gasteiger partial charge is 0.367 e. The molecule has 1 aliphatic rings. The van der Waals surface area contributed by atoms with Gasteiger partial charge in [-0.25, -0.2) is 4.39 Å². The van der Waals surface area contributed by atoms with Crippen LogP contribution < -0.4 is 5.32 Å². The van der Waals surface area contributed by atoms with Crippen LogP contribution in [0, 0.1) is 11.2 Å². The summed E-state index contributed by atoms with van der Waals surface area (Å²) >= 11 is 0. The fourth-order valence-corrected chi connectivity index (χ4v) is 2.62. The molecule has 0 aromatic heterocycles. The van der Waals surface area contributed by atoms with E-state index < -0.39 is 0 Å². The van der Waals surface area contributed by atoms with Gasteiger partial charge in [0, 0.05) is 12.6 Å². The molecule has 0 saturated carbocycles. The molecule has 1 heterocycles. The first-order valence-corrected chi connectivity index (χ1v) is 6.99. The Morgan fingerprint density at radius 3 is 2.47 bits per heavy atom. The Hall–Kier alpha value is -0.930. The van der Waals surface area contributed by atoms with Crippen LogP contribution in [0.25, 0.3) is 0 Å². The molecule has 1 N–H and O–H groups in total. The van der Waals surface area contributed by atoms with Gasteiger partial charge in [-0.1, -0.05) is 32.9 Å². The molecule has 19 heavy (non-hydrogen) atoms. The third-order valence-electron chi connectivity index (χ3n) is 3.50. The zero-order valence-electron chi connectivity index (χ0n) is 12.2. The molecule has 2 rings (SSSR count). The minimum Gasteiger partial charge on any atom is -0.367 e. The Balaban J connectivity index is 2.08. The molecule has 0 bridgehead atoms. The van der Waals surface area contributed by atoms with Crippen LogP contribution in [-0.2, 0) is 4.74 Å². The first-order valence-electron chi connectivity index (χ1n) is 6.99. The lowest BCUT2D eigenvalue weighted by Gasteiger charge is -2.38. The lowest BCUT2D eigenvalue weighted by atomic mass is 9.88. The van der Waals surface area contributed by atoms with Crippen LogP contribution in [0.2, 0.25) is 0 Å². The highest BCUT2D eigenvalue weighted by Gasteiger charge is 2.31. The molecule has 3 atom stereocenters. The molecule has 3 unspecified atom stereocenters. The van der Waals surface area contributed by atoms with Gasteiger partial charge in [-0.3, -0.25) is 0 Å². The molecule has 1 fully saturated rings. The second kappa shape index (κ2) is 5.59. The van der Waals surface area contributed by atoms with Crippen molar-refractivity contribution < 1.29 is 9.13 Å². The first-order chi connectivity index (χ1) is 8.85. The van der Waals surface area contributed by atoms with E-state index in [2.05, 4.69) is 33.0 Å². The van der Waals surface area contributed by atoms with Crippen LogP contribution >= 0.6 is 0 Å². The van der Waals surface area contributed by atoms with E-state index in [4.69, 9.17) is 4.74 Å². The Bertz CT molecular complexity index is 410. The van der Waals surface area contributed by atoms with Crippen molar-refractivity contribution >= 4 is 0 Å². The normalized spacial score (nSPS) is 28.4. The molecular formula is C16H24FNO. The van der Waals surface area contributed by atoms with Gasteiger partial charge in [-0.05, 0) is 36.5 Å². The standard InChI is InChI=1S/C16H24FNO/c1-11-15(12-5-7-13(17)8-6-12)19-14(10-18-11)9-16(2,3)4/h5-8,11,14-15,18H,9-10H2,1-4H3. The maximum Gasteiger partial charge on any atom is 0.123 e. The maximum absolute atomic E-state index is 13.0. The van der Waals surface area contributed by atoms with Crippen LogP contribution in [0.3, 0.4) is 0 Å². The van der Waals surface area contributed by atoms with Gasteiger partial charge in [0.1, 0.15) is 5.82 Å². The summed E-state index contributed by atoms with van der Waals surface area (Å²) in [7, 11) is 0. The molecule has 2 nitrogen and oxygen atoms in total. The van der Waals surface area contributed by atoms with Gasteiger partial charge >= 0.3 is 0 Å². The quantitative estimate of drug-likeness (QED) is 0.880. The number of benzene rings is 1. The monoisotopic (exact) mass is 265 g/mol. The predicted molar refractivity (Wildman–Crippen MR) is 75.6 cm³/mol. The third kappa shape index (κ3) is 4.02. The molecular weight excluding hydrogens is 241 g/mol. The zero-order valence-corrected chi connectivity index (χ0v) is 12.2. The van der Waals surface area contributed by atoms with Crippen molar-refractivity contribution in [2.24, 2.45) is 5.41 Å². The van der Waals surface area contributed by atoms with Crippen LogP contribution in [-0.4, -0.2) is 18.7 Å². The molecule has 106 valence electrons. The lowest BCUT2D eigenvalue weighted by Crippen LogP contribution is -2.47. The van der Waals surface area contributed by atoms with Crippen molar-refractivity contribution in [2.75, 3.05) is 6.54 Å². The van der Waals surface area contributed by atoms with Crippen LogP contribution in [0.15, 0.2) is 24.3 Å². The topological polar surface area (TPSA) is 21.3 Å². The lowest BCUT2D eigenvalue weighted by molar-refractivity contribution is -0.0755. The maximum atomic E-state index is 13.0. The second-order valence-electron chi connectivity index (χ2n) is 6.69. The molecule has 1 aliphatic heterocycles. The summed E-state index contributed by atoms with van der Waals surface area (Å²) in [5, 5.41) is 3.50. The fraction of sp³-hybridized carbons (Fsp3) is 0.625. The highest BCUT2D eigenvalue weighted by atomic mass is 19.1. The van der Waals surface area contributed by atoms with Gasteiger partial charge in [-0.15, -0.1) is 0 Å². The number of hydrogen-bond donors (Lipinski definition) is 1. The van der Waals surface area contributed by atoms with E-state index in [-0.39, 0.29) is 29.5 Å². The third-order valence-corrected chi connectivity index (χ3v) is 3.50. The molecule has 1 aromatic rings. The number of rotatable bonds is 2. The van der Waals surface area contributed by atoms with E-state index in [0.29, 0.717) is 0 Å². The van der Waals surface area contributed by atoms with Gasteiger partial charge in [-0.2, -0.15) is 0 Å². The van der Waals surface area contributed by atoms with E-state index in [1.165, 1.54) is 12.1 Å². The van der Waals surface area contributed by atoms with Crippen LogP contribution in [0.5, 0.6) is 0 Å². The number of morpholine rings is 1. The summed E-state index contributed by atoms with van der Waals surface area (Å²) in [6.45, 7) is 9.67. The average molecular weight is 265 g/mol. The van der Waals surface area contributed by atoms with Crippen LogP contribution in [0.4, 0.5) is 4.39 Å². The SMILES string of the molecule is CC1NCC(CC(C)(C)C)OC1c1ccc(F)cc1. The molecule has 0 aliphatic carbocycles. The summed E-state index contributed by atoms with van der Waals surface area (Å²) in [6, 6.07) is 6.88. The summed E-state index contributed by atoms with van der Waals surface area (Å²) in [4.78, 5) is 0. The molecule has 3 heteroatoms. The number of nitrogens with one attached hydrogen (secondary N) is 1. The Morgan fingerprint density at radius 1 is 1.26 bits per heavy atom. The molecule has 0 amide bonds. The highest BCUT2D eigenvalue weighted by molar-refractivity contribution is 5.20. The van der Waals surface area contributed by atoms with Gasteiger partial charge in [0.15, 0.2) is 0 Å². The summed E-state index contributed by atoms with van der Waals surface area (Å²) in [5.41, 5.74) is 1.29. The summed E-state index contributed by atoms with van der Waals surface area (Å²) in [6.07, 6.45) is 1.23. The van der Waals surface area contributed by atoms with Crippen molar-refractivity contribution in [1.82, 2.24) is 5.32 Å². The Labute approximate surface area is 115 Å². The van der Waals surface area contributed by atoms with E-state index in [9.17, 15) is 4.39 Å². The fourth-order valence-electron chi connectivity index (χ4n) is 2.62. The van der Waals surface area contributed by atoms with Crippen molar-refractivity contribution in [2.45, 2.75) is 52.4 Å². The highest BCUT2D eigenvalue weighted by Crippen LogP contribution is 2.31.